The SMILES string of the molecule is O=C(Cc1ccc2c(c1)OCO2)C1CCCC1. The van der Waals surface area contributed by atoms with Crippen LogP contribution in [-0.4, -0.2) is 12.6 Å². The second kappa shape index (κ2) is 4.40. The third kappa shape index (κ3) is 2.14. The minimum Gasteiger partial charge on any atom is -0.454 e. The van der Waals surface area contributed by atoms with E-state index in [1.54, 1.807) is 0 Å². The lowest BCUT2D eigenvalue weighted by Crippen LogP contribution is -2.13. The number of carbonyl (C=O) groups excluding carboxylic acids is 1. The van der Waals surface area contributed by atoms with Crippen LogP contribution in [0.1, 0.15) is 31.2 Å². The van der Waals surface area contributed by atoms with E-state index in [0.29, 0.717) is 18.1 Å². The van der Waals surface area contributed by atoms with Crippen molar-refractivity contribution in [3.05, 3.63) is 23.8 Å². The largest absolute Gasteiger partial charge is 0.454 e. The van der Waals surface area contributed by atoms with E-state index >= 15 is 0 Å². The molecule has 0 unspecified atom stereocenters. The summed E-state index contributed by atoms with van der Waals surface area (Å²) in [5, 5.41) is 0. The molecule has 2 aliphatic rings. The van der Waals surface area contributed by atoms with Crippen LogP contribution in [0.3, 0.4) is 0 Å². The quantitative estimate of drug-likeness (QED) is 0.803. The van der Waals surface area contributed by atoms with Crippen molar-refractivity contribution in [1.29, 1.82) is 0 Å². The molecule has 1 aromatic rings. The van der Waals surface area contributed by atoms with E-state index in [1.165, 1.54) is 12.8 Å². The Morgan fingerprint density at radius 1 is 1.18 bits per heavy atom. The summed E-state index contributed by atoms with van der Waals surface area (Å²) in [6, 6.07) is 5.77. The van der Waals surface area contributed by atoms with Gasteiger partial charge in [-0.25, -0.2) is 0 Å². The summed E-state index contributed by atoms with van der Waals surface area (Å²) in [5.41, 5.74) is 1.03. The maximum atomic E-state index is 12.0. The summed E-state index contributed by atoms with van der Waals surface area (Å²) in [7, 11) is 0. The van der Waals surface area contributed by atoms with Gasteiger partial charge in [-0.15, -0.1) is 0 Å². The fourth-order valence-corrected chi connectivity index (χ4v) is 2.64. The molecule has 3 nitrogen and oxygen atoms in total. The first kappa shape index (κ1) is 10.6. The Morgan fingerprint density at radius 2 is 1.94 bits per heavy atom. The summed E-state index contributed by atoms with van der Waals surface area (Å²) < 4.78 is 10.6. The van der Waals surface area contributed by atoms with Crippen LogP contribution in [-0.2, 0) is 11.2 Å². The van der Waals surface area contributed by atoms with Gasteiger partial charge in [-0.2, -0.15) is 0 Å². The highest BCUT2D eigenvalue weighted by Gasteiger charge is 2.23. The molecule has 1 fully saturated rings. The fourth-order valence-electron chi connectivity index (χ4n) is 2.64. The smallest absolute Gasteiger partial charge is 0.231 e. The first-order valence-electron chi connectivity index (χ1n) is 6.24. The lowest BCUT2D eigenvalue weighted by atomic mass is 9.96. The van der Waals surface area contributed by atoms with Crippen LogP contribution in [0.15, 0.2) is 18.2 Å². The molecule has 0 saturated heterocycles. The molecular formula is C14H16O3. The van der Waals surface area contributed by atoms with E-state index in [-0.39, 0.29) is 6.79 Å². The van der Waals surface area contributed by atoms with Crippen LogP contribution in [0.5, 0.6) is 11.5 Å². The lowest BCUT2D eigenvalue weighted by Gasteiger charge is -2.08. The van der Waals surface area contributed by atoms with Crippen molar-refractivity contribution in [2.75, 3.05) is 6.79 Å². The maximum absolute atomic E-state index is 12.0. The van der Waals surface area contributed by atoms with Crippen molar-refractivity contribution in [2.24, 2.45) is 5.92 Å². The molecule has 1 saturated carbocycles. The lowest BCUT2D eigenvalue weighted by molar-refractivity contribution is -0.122. The second-order valence-electron chi connectivity index (χ2n) is 4.81. The minimum absolute atomic E-state index is 0.287. The van der Waals surface area contributed by atoms with E-state index in [1.807, 2.05) is 18.2 Å². The van der Waals surface area contributed by atoms with Crippen LogP contribution in [0.25, 0.3) is 0 Å². The van der Waals surface area contributed by atoms with E-state index < -0.39 is 0 Å². The monoisotopic (exact) mass is 232 g/mol. The summed E-state index contributed by atoms with van der Waals surface area (Å²) in [6.07, 6.45) is 5.09. The van der Waals surface area contributed by atoms with Crippen LogP contribution >= 0.6 is 0 Å². The number of fused-ring (bicyclic) bond motifs is 1. The number of benzene rings is 1. The summed E-state index contributed by atoms with van der Waals surface area (Å²) in [5.74, 6) is 2.21. The molecule has 3 rings (SSSR count). The third-order valence-electron chi connectivity index (χ3n) is 3.63. The normalized spacial score (nSPS) is 18.6. The Kier molecular flexibility index (Phi) is 2.75. The Labute approximate surface area is 101 Å². The Balaban J connectivity index is 1.70. The number of hydrogen-bond donors (Lipinski definition) is 0. The molecule has 0 atom stereocenters. The van der Waals surface area contributed by atoms with Crippen LogP contribution in [0.2, 0.25) is 0 Å². The second-order valence-corrected chi connectivity index (χ2v) is 4.81. The van der Waals surface area contributed by atoms with E-state index in [4.69, 9.17) is 9.47 Å². The Bertz CT molecular complexity index is 433. The first-order chi connectivity index (χ1) is 8.33. The van der Waals surface area contributed by atoms with Crippen LogP contribution in [0.4, 0.5) is 0 Å². The predicted molar refractivity (Wildman–Crippen MR) is 63.2 cm³/mol. The van der Waals surface area contributed by atoms with Crippen molar-refractivity contribution >= 4 is 5.78 Å². The molecule has 0 bridgehead atoms. The van der Waals surface area contributed by atoms with E-state index in [2.05, 4.69) is 0 Å². The zero-order chi connectivity index (χ0) is 11.7. The molecule has 1 aliphatic heterocycles. The van der Waals surface area contributed by atoms with E-state index in [9.17, 15) is 4.79 Å². The number of Topliss-reactive ketones (excluding diaryl/α,β-unsaturated/α-hetero) is 1. The van der Waals surface area contributed by atoms with Gasteiger partial charge in [0.25, 0.3) is 0 Å². The molecule has 0 aromatic heterocycles. The van der Waals surface area contributed by atoms with Gasteiger partial charge in [0.15, 0.2) is 11.5 Å². The summed E-state index contributed by atoms with van der Waals surface area (Å²) in [6.45, 7) is 0.287. The Hall–Kier alpha value is -1.51. The fraction of sp³-hybridized carbons (Fsp3) is 0.500. The van der Waals surface area contributed by atoms with Crippen molar-refractivity contribution < 1.29 is 14.3 Å². The number of hydrogen-bond acceptors (Lipinski definition) is 3. The molecule has 1 aliphatic carbocycles. The number of ketones is 1. The van der Waals surface area contributed by atoms with Gasteiger partial charge in [-0.3, -0.25) is 4.79 Å². The summed E-state index contributed by atoms with van der Waals surface area (Å²) >= 11 is 0. The maximum Gasteiger partial charge on any atom is 0.231 e. The average Bonchev–Trinajstić information content (AvgIpc) is 2.99. The molecule has 1 aromatic carbocycles. The van der Waals surface area contributed by atoms with Gasteiger partial charge >= 0.3 is 0 Å². The highest BCUT2D eigenvalue weighted by Crippen LogP contribution is 2.33. The average molecular weight is 232 g/mol. The molecule has 0 spiro atoms. The highest BCUT2D eigenvalue weighted by molar-refractivity contribution is 5.83. The molecule has 0 amide bonds. The van der Waals surface area contributed by atoms with Crippen LogP contribution < -0.4 is 9.47 Å². The molecule has 90 valence electrons. The van der Waals surface area contributed by atoms with Crippen molar-refractivity contribution in [1.82, 2.24) is 0 Å². The zero-order valence-electron chi connectivity index (χ0n) is 9.78. The van der Waals surface area contributed by atoms with Gasteiger partial charge < -0.3 is 9.47 Å². The van der Waals surface area contributed by atoms with Gasteiger partial charge in [0.05, 0.1) is 0 Å². The van der Waals surface area contributed by atoms with Gasteiger partial charge in [-0.1, -0.05) is 18.9 Å². The van der Waals surface area contributed by atoms with E-state index in [0.717, 1.165) is 29.9 Å². The van der Waals surface area contributed by atoms with Gasteiger partial charge in [-0.05, 0) is 30.5 Å². The molecule has 0 N–H and O–H groups in total. The number of rotatable bonds is 3. The number of ether oxygens (including phenoxy) is 2. The van der Waals surface area contributed by atoms with Gasteiger partial charge in [0.2, 0.25) is 6.79 Å². The third-order valence-corrected chi connectivity index (χ3v) is 3.63. The molecular weight excluding hydrogens is 216 g/mol. The predicted octanol–water partition coefficient (Wildman–Crippen LogP) is 2.72. The summed E-state index contributed by atoms with van der Waals surface area (Å²) in [4.78, 5) is 12.0. The number of carbonyl (C=O) groups is 1. The molecule has 3 heteroatoms. The van der Waals surface area contributed by atoms with Crippen molar-refractivity contribution in [2.45, 2.75) is 32.1 Å². The topological polar surface area (TPSA) is 35.5 Å². The standard InChI is InChI=1S/C14H16O3/c15-12(11-3-1-2-4-11)7-10-5-6-13-14(8-10)17-9-16-13/h5-6,8,11H,1-4,7,9H2. The minimum atomic E-state index is 0.287. The van der Waals surface area contributed by atoms with Crippen molar-refractivity contribution in [3.63, 3.8) is 0 Å². The zero-order valence-corrected chi connectivity index (χ0v) is 9.78. The van der Waals surface area contributed by atoms with Crippen LogP contribution in [0, 0.1) is 5.92 Å². The molecule has 17 heavy (non-hydrogen) atoms. The Morgan fingerprint density at radius 3 is 2.76 bits per heavy atom. The first-order valence-corrected chi connectivity index (χ1v) is 6.24. The highest BCUT2D eigenvalue weighted by atomic mass is 16.7. The molecule has 0 radical (unpaired) electrons. The molecule has 1 heterocycles. The van der Waals surface area contributed by atoms with Gasteiger partial charge in [0, 0.05) is 12.3 Å². The van der Waals surface area contributed by atoms with Gasteiger partial charge in [0.1, 0.15) is 5.78 Å². The van der Waals surface area contributed by atoms with Crippen molar-refractivity contribution in [3.8, 4) is 11.5 Å².